The van der Waals surface area contributed by atoms with Gasteiger partial charge in [0.2, 0.25) is 5.91 Å². The molecular formula is C19H27NO2S. The molecule has 4 heteroatoms. The Morgan fingerprint density at radius 3 is 2.87 bits per heavy atom. The number of carbonyl (C=O) groups is 1. The van der Waals surface area contributed by atoms with Gasteiger partial charge in [-0.25, -0.2) is 0 Å². The molecule has 1 amide bonds. The van der Waals surface area contributed by atoms with Gasteiger partial charge in [0.05, 0.1) is 24.0 Å². The van der Waals surface area contributed by atoms with Crippen molar-refractivity contribution in [3.8, 4) is 0 Å². The minimum Gasteiger partial charge on any atom is -0.373 e. The highest BCUT2D eigenvalue weighted by molar-refractivity contribution is 7.99. The Kier molecular flexibility index (Phi) is 5.65. The fourth-order valence-corrected chi connectivity index (χ4v) is 4.69. The smallest absolute Gasteiger partial charge is 0.230 e. The Labute approximate surface area is 143 Å². The van der Waals surface area contributed by atoms with Gasteiger partial charge in [0.1, 0.15) is 0 Å². The van der Waals surface area contributed by atoms with Crippen molar-refractivity contribution < 1.29 is 9.53 Å². The van der Waals surface area contributed by atoms with Gasteiger partial charge in [-0.3, -0.25) is 4.79 Å². The monoisotopic (exact) mass is 333 g/mol. The van der Waals surface area contributed by atoms with Crippen molar-refractivity contribution in [3.63, 3.8) is 0 Å². The Hall–Kier alpha value is -1.00. The molecule has 1 aromatic rings. The molecule has 0 unspecified atom stereocenters. The van der Waals surface area contributed by atoms with E-state index >= 15 is 0 Å². The van der Waals surface area contributed by atoms with Crippen LogP contribution in [0.25, 0.3) is 0 Å². The zero-order chi connectivity index (χ0) is 16.1. The molecule has 126 valence electrons. The van der Waals surface area contributed by atoms with Crippen molar-refractivity contribution in [1.29, 1.82) is 0 Å². The third-order valence-electron chi connectivity index (χ3n) is 5.09. The summed E-state index contributed by atoms with van der Waals surface area (Å²) in [5.41, 5.74) is 2.68. The van der Waals surface area contributed by atoms with Gasteiger partial charge >= 0.3 is 0 Å². The van der Waals surface area contributed by atoms with E-state index in [4.69, 9.17) is 4.74 Å². The summed E-state index contributed by atoms with van der Waals surface area (Å²) >= 11 is 1.69. The molecule has 2 aliphatic rings. The average molecular weight is 333 g/mol. The minimum atomic E-state index is 0.0739. The lowest BCUT2D eigenvalue weighted by molar-refractivity contribution is -0.119. The summed E-state index contributed by atoms with van der Waals surface area (Å²) in [5, 5.41) is 3.17. The molecule has 3 nitrogen and oxygen atoms in total. The van der Waals surface area contributed by atoms with Gasteiger partial charge in [-0.1, -0.05) is 43.5 Å². The van der Waals surface area contributed by atoms with Crippen molar-refractivity contribution >= 4 is 17.7 Å². The molecule has 0 aromatic heterocycles. The molecular weight excluding hydrogens is 306 g/mol. The number of thioether (sulfide) groups is 1. The van der Waals surface area contributed by atoms with Crippen LogP contribution < -0.4 is 5.32 Å². The van der Waals surface area contributed by atoms with Crippen LogP contribution >= 0.6 is 11.8 Å². The lowest BCUT2D eigenvalue weighted by Gasteiger charge is -2.32. The number of hydrogen-bond donors (Lipinski definition) is 1. The maximum atomic E-state index is 12.2. The van der Waals surface area contributed by atoms with Crippen LogP contribution in [0.4, 0.5) is 0 Å². The summed E-state index contributed by atoms with van der Waals surface area (Å²) in [4.78, 5) is 12.2. The van der Waals surface area contributed by atoms with Crippen LogP contribution in [-0.4, -0.2) is 29.9 Å². The second-order valence-corrected chi connectivity index (χ2v) is 7.93. The highest BCUT2D eigenvalue weighted by atomic mass is 32.2. The van der Waals surface area contributed by atoms with E-state index in [9.17, 15) is 4.79 Å². The van der Waals surface area contributed by atoms with Crippen molar-refractivity contribution in [2.24, 2.45) is 0 Å². The third kappa shape index (κ3) is 4.51. The van der Waals surface area contributed by atoms with E-state index in [0.717, 1.165) is 12.2 Å². The highest BCUT2D eigenvalue weighted by Gasteiger charge is 2.41. The number of hydrogen-bond acceptors (Lipinski definition) is 3. The SMILES string of the molecule is Cc1ccccc1CSCC(=O)N[C@@H]1COC2(CCCCC2)C1. The predicted octanol–water partition coefficient (Wildman–Crippen LogP) is 3.84. The standard InChI is InChI=1S/C19H27NO2S/c1-15-7-3-4-8-16(15)13-23-14-18(21)20-17-11-19(22-12-17)9-5-2-6-10-19/h3-4,7-8,17H,2,5-6,9-14H2,1H3,(H,20,21)/t17-/m0/s1. The molecule has 1 aromatic carbocycles. The predicted molar refractivity (Wildman–Crippen MR) is 95.7 cm³/mol. The molecule has 3 rings (SSSR count). The van der Waals surface area contributed by atoms with Crippen molar-refractivity contribution in [3.05, 3.63) is 35.4 Å². The van der Waals surface area contributed by atoms with Gasteiger partial charge in [0, 0.05) is 5.75 Å². The topological polar surface area (TPSA) is 38.3 Å². The van der Waals surface area contributed by atoms with Gasteiger partial charge in [-0.15, -0.1) is 11.8 Å². The van der Waals surface area contributed by atoms with Crippen LogP contribution in [0, 0.1) is 6.92 Å². The first-order chi connectivity index (χ1) is 11.2. The second-order valence-electron chi connectivity index (χ2n) is 6.94. The lowest BCUT2D eigenvalue weighted by Crippen LogP contribution is -2.38. The summed E-state index contributed by atoms with van der Waals surface area (Å²) < 4.78 is 6.06. The lowest BCUT2D eigenvalue weighted by atomic mass is 9.82. The Morgan fingerprint density at radius 2 is 2.09 bits per heavy atom. The normalized spacial score (nSPS) is 23.1. The molecule has 1 aliphatic carbocycles. The van der Waals surface area contributed by atoms with Crippen molar-refractivity contribution in [2.45, 2.75) is 62.8 Å². The molecule has 1 atom stereocenters. The molecule has 1 aliphatic heterocycles. The Bertz CT molecular complexity index is 540. The molecule has 1 spiro atoms. The number of aryl methyl sites for hydroxylation is 1. The van der Waals surface area contributed by atoms with Crippen LogP contribution in [-0.2, 0) is 15.3 Å². The first-order valence-electron chi connectivity index (χ1n) is 8.72. The van der Waals surface area contributed by atoms with Crippen LogP contribution in [0.15, 0.2) is 24.3 Å². The van der Waals surface area contributed by atoms with Gasteiger partial charge in [0.15, 0.2) is 0 Å². The van der Waals surface area contributed by atoms with Crippen molar-refractivity contribution in [1.82, 2.24) is 5.32 Å². The summed E-state index contributed by atoms with van der Waals surface area (Å²) in [6.45, 7) is 2.81. The largest absolute Gasteiger partial charge is 0.373 e. The average Bonchev–Trinajstić information content (AvgIpc) is 2.92. The molecule has 0 radical (unpaired) electrons. The number of rotatable bonds is 5. The van der Waals surface area contributed by atoms with E-state index in [1.807, 2.05) is 0 Å². The molecule has 1 heterocycles. The fourth-order valence-electron chi connectivity index (χ4n) is 3.78. The number of ether oxygens (including phenoxy) is 1. The van der Waals surface area contributed by atoms with E-state index in [1.165, 1.54) is 43.2 Å². The van der Waals surface area contributed by atoms with Gasteiger partial charge in [0.25, 0.3) is 0 Å². The number of amides is 1. The van der Waals surface area contributed by atoms with Crippen molar-refractivity contribution in [2.75, 3.05) is 12.4 Å². The van der Waals surface area contributed by atoms with Crippen LogP contribution in [0.3, 0.4) is 0 Å². The molecule has 1 N–H and O–H groups in total. The van der Waals surface area contributed by atoms with E-state index in [1.54, 1.807) is 11.8 Å². The maximum absolute atomic E-state index is 12.2. The quantitative estimate of drug-likeness (QED) is 0.890. The highest BCUT2D eigenvalue weighted by Crippen LogP contribution is 2.39. The molecule has 0 bridgehead atoms. The summed E-state index contributed by atoms with van der Waals surface area (Å²) in [5.74, 6) is 1.56. The van der Waals surface area contributed by atoms with E-state index < -0.39 is 0 Å². The first kappa shape index (κ1) is 16.8. The summed E-state index contributed by atoms with van der Waals surface area (Å²) in [7, 11) is 0. The Morgan fingerprint density at radius 1 is 1.30 bits per heavy atom. The third-order valence-corrected chi connectivity index (χ3v) is 6.07. The first-order valence-corrected chi connectivity index (χ1v) is 9.88. The fraction of sp³-hybridized carbons (Fsp3) is 0.632. The summed E-state index contributed by atoms with van der Waals surface area (Å²) in [6.07, 6.45) is 7.21. The number of carbonyl (C=O) groups excluding carboxylic acids is 1. The molecule has 1 saturated heterocycles. The molecule has 23 heavy (non-hydrogen) atoms. The molecule has 1 saturated carbocycles. The van der Waals surface area contributed by atoms with Crippen LogP contribution in [0.5, 0.6) is 0 Å². The summed E-state index contributed by atoms with van der Waals surface area (Å²) in [6, 6.07) is 8.58. The van der Waals surface area contributed by atoms with Gasteiger partial charge in [-0.05, 0) is 37.3 Å². The zero-order valence-corrected chi connectivity index (χ0v) is 14.8. The van der Waals surface area contributed by atoms with E-state index in [2.05, 4.69) is 36.5 Å². The van der Waals surface area contributed by atoms with Gasteiger partial charge in [-0.2, -0.15) is 0 Å². The van der Waals surface area contributed by atoms with Gasteiger partial charge < -0.3 is 10.1 Å². The Balaban J connectivity index is 1.39. The zero-order valence-electron chi connectivity index (χ0n) is 14.0. The molecule has 2 fully saturated rings. The maximum Gasteiger partial charge on any atom is 0.230 e. The van der Waals surface area contributed by atoms with Crippen LogP contribution in [0.1, 0.15) is 49.7 Å². The van der Waals surface area contributed by atoms with Crippen LogP contribution in [0.2, 0.25) is 0 Å². The number of nitrogens with one attached hydrogen (secondary N) is 1. The number of benzene rings is 1. The van der Waals surface area contributed by atoms with E-state index in [-0.39, 0.29) is 17.6 Å². The van der Waals surface area contributed by atoms with E-state index in [0.29, 0.717) is 12.4 Å². The second kappa shape index (κ2) is 7.71. The minimum absolute atomic E-state index is 0.0739.